The number of fused-ring (bicyclic) bond motifs is 3. The number of rotatable bonds is 1. The van der Waals surface area contributed by atoms with Gasteiger partial charge in [0.05, 0.1) is 8.44 Å². The minimum absolute atomic E-state index is 0.152. The van der Waals surface area contributed by atoms with Gasteiger partial charge >= 0.3 is 0 Å². The van der Waals surface area contributed by atoms with E-state index >= 15 is 0 Å². The average molecular weight is 294 g/mol. The molecule has 0 spiro atoms. The number of pyridine rings is 1. The number of benzene rings is 2. The highest BCUT2D eigenvalue weighted by Gasteiger charge is 2.11. The molecule has 102 valence electrons. The highest BCUT2D eigenvalue weighted by Crippen LogP contribution is 2.40. The zero-order chi connectivity index (χ0) is 18.6. The van der Waals surface area contributed by atoms with Crippen molar-refractivity contribution in [2.24, 2.45) is 0 Å². The van der Waals surface area contributed by atoms with E-state index in [0.29, 0.717) is 5.69 Å². The molecule has 0 amide bonds. The number of nitrogens with zero attached hydrogens (tertiary/aromatic N) is 1. The molecule has 0 atom stereocenters. The van der Waals surface area contributed by atoms with E-state index in [1.54, 1.807) is 11.3 Å². The van der Waals surface area contributed by atoms with Gasteiger partial charge in [-0.3, -0.25) is 4.98 Å². The summed E-state index contributed by atoms with van der Waals surface area (Å²) < 4.78 is 41.1. The Kier molecular flexibility index (Phi) is 1.85. The molecule has 2 aromatic carbocycles. The normalized spacial score (nSPS) is 15.4. The van der Waals surface area contributed by atoms with Crippen LogP contribution in [0.1, 0.15) is 18.0 Å². The van der Waals surface area contributed by atoms with E-state index in [0.717, 1.165) is 21.0 Å². The Morgan fingerprint density at radius 3 is 2.71 bits per heavy atom. The first-order chi connectivity index (χ1) is 12.3. The molecule has 0 aliphatic rings. The molecule has 0 aliphatic carbocycles. The van der Waals surface area contributed by atoms with Crippen LogP contribution >= 0.6 is 11.3 Å². The van der Waals surface area contributed by atoms with E-state index in [1.165, 1.54) is 16.5 Å². The first kappa shape index (κ1) is 8.30. The van der Waals surface area contributed by atoms with Gasteiger partial charge in [0, 0.05) is 36.0 Å². The van der Waals surface area contributed by atoms with Gasteiger partial charge < -0.3 is 0 Å². The van der Waals surface area contributed by atoms with Crippen LogP contribution in [0.3, 0.4) is 0 Å². The van der Waals surface area contributed by atoms with Crippen LogP contribution in [0.15, 0.2) is 54.7 Å². The van der Waals surface area contributed by atoms with E-state index in [2.05, 4.69) is 24.0 Å². The summed E-state index contributed by atoms with van der Waals surface area (Å²) in [6.07, 6.45) is 1.21. The molecule has 0 unspecified atom stereocenters. The molecule has 4 rings (SSSR count). The van der Waals surface area contributed by atoms with Gasteiger partial charge in [0.1, 0.15) is 0 Å². The fraction of sp³-hybridized carbons (Fsp3) is 0.105. The van der Waals surface area contributed by atoms with E-state index < -0.39 is 6.85 Å². The molecule has 0 saturated carbocycles. The molecule has 4 aromatic rings. The van der Waals surface area contributed by atoms with Crippen molar-refractivity contribution < 1.29 is 6.85 Å². The van der Waals surface area contributed by atoms with E-state index in [-0.39, 0.29) is 17.6 Å². The average Bonchev–Trinajstić information content (AvgIpc) is 2.97. The Morgan fingerprint density at radius 2 is 1.86 bits per heavy atom. The van der Waals surface area contributed by atoms with Crippen molar-refractivity contribution in [2.75, 3.05) is 0 Å². The summed E-state index contributed by atoms with van der Waals surface area (Å²) in [5.74, 6) is 0. The Hall–Kier alpha value is -2.19. The molecule has 21 heavy (non-hydrogen) atoms. The molecule has 0 bridgehead atoms. The van der Waals surface area contributed by atoms with Crippen molar-refractivity contribution in [1.29, 1.82) is 0 Å². The predicted octanol–water partition coefficient (Wildman–Crippen LogP) is 5.73. The van der Waals surface area contributed by atoms with Crippen LogP contribution in [0, 0.1) is 13.8 Å². The summed E-state index contributed by atoms with van der Waals surface area (Å²) >= 11 is 1.64. The van der Waals surface area contributed by atoms with Crippen LogP contribution in [0.25, 0.3) is 31.4 Å². The number of aromatic nitrogens is 1. The zero-order valence-electron chi connectivity index (χ0n) is 16.4. The van der Waals surface area contributed by atoms with Crippen molar-refractivity contribution in [1.82, 2.24) is 4.98 Å². The second-order valence-corrected chi connectivity index (χ2v) is 6.03. The standard InChI is InChI=1S/C19H15NS/c1-12-9-10-17(20-11-12)16-8-4-7-15-14-6-3-5-13(2)18(14)21-19(15)16/h3-11H,1-2H3/i1D3,9D,10D. The second kappa shape index (κ2) is 4.68. The summed E-state index contributed by atoms with van der Waals surface area (Å²) in [6.45, 7) is -0.377. The molecule has 2 heteroatoms. The van der Waals surface area contributed by atoms with Crippen LogP contribution in [0.5, 0.6) is 0 Å². The third kappa shape index (κ3) is 1.95. The first-order valence-electron chi connectivity index (χ1n) is 9.17. The molecular weight excluding hydrogens is 274 g/mol. The fourth-order valence-electron chi connectivity index (χ4n) is 2.60. The quantitative estimate of drug-likeness (QED) is 0.436. The highest BCUT2D eigenvalue weighted by molar-refractivity contribution is 7.26. The molecule has 1 nitrogen and oxygen atoms in total. The summed E-state index contributed by atoms with van der Waals surface area (Å²) in [5.41, 5.74) is 2.11. The van der Waals surface area contributed by atoms with E-state index in [1.807, 2.05) is 24.3 Å². The van der Waals surface area contributed by atoms with E-state index in [4.69, 9.17) is 6.85 Å². The smallest absolute Gasteiger partial charge is 0.0716 e. The summed E-state index contributed by atoms with van der Waals surface area (Å²) in [4.78, 5) is 4.26. The van der Waals surface area contributed by atoms with Gasteiger partial charge in [-0.25, -0.2) is 0 Å². The number of hydrogen-bond donors (Lipinski definition) is 0. The minimum Gasteiger partial charge on any atom is -0.256 e. The Balaban J connectivity index is 2.03. The van der Waals surface area contributed by atoms with Crippen molar-refractivity contribution in [3.05, 3.63) is 65.8 Å². The molecule has 2 aromatic heterocycles. The lowest BCUT2D eigenvalue weighted by Crippen LogP contribution is -1.83. The Bertz CT molecular complexity index is 1160. The van der Waals surface area contributed by atoms with E-state index in [9.17, 15) is 0 Å². The maximum absolute atomic E-state index is 8.31. The van der Waals surface area contributed by atoms with Crippen LogP contribution in [0.2, 0.25) is 0 Å². The van der Waals surface area contributed by atoms with Gasteiger partial charge in [0.25, 0.3) is 0 Å². The van der Waals surface area contributed by atoms with Crippen LogP contribution in [-0.4, -0.2) is 4.98 Å². The molecule has 0 aliphatic heterocycles. The molecule has 0 radical (unpaired) electrons. The topological polar surface area (TPSA) is 12.9 Å². The van der Waals surface area contributed by atoms with Gasteiger partial charge in [-0.1, -0.05) is 42.4 Å². The Morgan fingerprint density at radius 1 is 1.05 bits per heavy atom. The third-order valence-electron chi connectivity index (χ3n) is 3.61. The van der Waals surface area contributed by atoms with Crippen LogP contribution in [0.4, 0.5) is 0 Å². The van der Waals surface area contributed by atoms with Crippen molar-refractivity contribution in [3.63, 3.8) is 0 Å². The van der Waals surface area contributed by atoms with Crippen molar-refractivity contribution in [2.45, 2.75) is 13.8 Å². The molecular formula is C19H15NS. The lowest BCUT2D eigenvalue weighted by molar-refractivity contribution is 1.27. The van der Waals surface area contributed by atoms with Crippen molar-refractivity contribution >= 4 is 31.5 Å². The minimum atomic E-state index is -2.45. The van der Waals surface area contributed by atoms with Gasteiger partial charge in [-0.2, -0.15) is 0 Å². The number of hydrogen-bond acceptors (Lipinski definition) is 2. The van der Waals surface area contributed by atoms with Gasteiger partial charge in [0.2, 0.25) is 0 Å². The second-order valence-electron chi connectivity index (χ2n) is 5.01. The molecule has 0 saturated heterocycles. The van der Waals surface area contributed by atoms with Gasteiger partial charge in [-0.05, 0) is 30.9 Å². The maximum atomic E-state index is 8.31. The predicted molar refractivity (Wildman–Crippen MR) is 92.0 cm³/mol. The number of aryl methyl sites for hydroxylation is 2. The largest absolute Gasteiger partial charge is 0.256 e. The van der Waals surface area contributed by atoms with Gasteiger partial charge in [-0.15, -0.1) is 11.3 Å². The monoisotopic (exact) mass is 294 g/mol. The molecule has 0 fully saturated rings. The lowest BCUT2D eigenvalue weighted by atomic mass is 10.1. The molecule has 0 N–H and O–H groups in total. The zero-order valence-corrected chi connectivity index (χ0v) is 12.2. The van der Waals surface area contributed by atoms with Crippen molar-refractivity contribution in [3.8, 4) is 11.3 Å². The summed E-state index contributed by atoms with van der Waals surface area (Å²) in [6, 6.07) is 11.6. The first-order valence-corrected chi connectivity index (χ1v) is 7.48. The van der Waals surface area contributed by atoms with Crippen LogP contribution in [-0.2, 0) is 0 Å². The lowest BCUT2D eigenvalue weighted by Gasteiger charge is -2.03. The fourth-order valence-corrected chi connectivity index (χ4v) is 3.89. The third-order valence-corrected chi connectivity index (χ3v) is 5.00. The van der Waals surface area contributed by atoms with Gasteiger partial charge in [0.15, 0.2) is 0 Å². The number of thiophene rings is 1. The SMILES string of the molecule is [2H]c1c(C([2H])([2H])[2H])cnc(-c2cccc3c2sc2c(C)cccc23)c1[2H]. The molecule has 2 heterocycles. The summed E-state index contributed by atoms with van der Waals surface area (Å²) in [7, 11) is 0. The van der Waals surface area contributed by atoms with Crippen LogP contribution < -0.4 is 0 Å². The Labute approximate surface area is 134 Å². The highest BCUT2D eigenvalue weighted by atomic mass is 32.1. The summed E-state index contributed by atoms with van der Waals surface area (Å²) in [5, 5.41) is 2.24. The maximum Gasteiger partial charge on any atom is 0.0716 e.